The topological polar surface area (TPSA) is 128 Å². The summed E-state index contributed by atoms with van der Waals surface area (Å²) in [5.74, 6) is -1.83. The summed E-state index contributed by atoms with van der Waals surface area (Å²) in [6.07, 6.45) is -7.95. The van der Waals surface area contributed by atoms with Gasteiger partial charge < -0.3 is 20.4 Å². The van der Waals surface area contributed by atoms with E-state index in [1.807, 2.05) is 0 Å². The number of hydrogen-bond acceptors (Lipinski definition) is 7. The van der Waals surface area contributed by atoms with Crippen LogP contribution in [-0.2, 0) is 23.6 Å². The van der Waals surface area contributed by atoms with Gasteiger partial charge in [-0.3, -0.25) is 9.59 Å². The molecule has 0 saturated carbocycles. The predicted octanol–water partition coefficient (Wildman–Crippen LogP) is 5.41. The SMILES string of the molecule is Nc1nc(-c2cc3ccn(CCCC(COC(F)F)Nc4cn[nH]c(=O)c4C(F)(F)F)c(=O)c3cc2F)ccc1C(F)(F)F. The number of nitrogen functional groups attached to an aromatic ring is 1. The number of nitrogens with one attached hydrogen (secondary N) is 2. The Bertz CT molecular complexity index is 1770. The minimum absolute atomic E-state index is 0.0307. The van der Waals surface area contributed by atoms with E-state index in [0.29, 0.717) is 12.3 Å². The second-order valence-electron chi connectivity index (χ2n) is 9.42. The highest BCUT2D eigenvalue weighted by Crippen LogP contribution is 2.35. The van der Waals surface area contributed by atoms with Crippen molar-refractivity contribution in [1.29, 1.82) is 0 Å². The van der Waals surface area contributed by atoms with E-state index >= 15 is 0 Å². The molecule has 4 aromatic rings. The Morgan fingerprint density at radius 1 is 1.05 bits per heavy atom. The van der Waals surface area contributed by atoms with E-state index in [2.05, 4.69) is 20.1 Å². The minimum Gasteiger partial charge on any atom is -0.383 e. The fourth-order valence-electron chi connectivity index (χ4n) is 4.45. The zero-order chi connectivity index (χ0) is 32.4. The summed E-state index contributed by atoms with van der Waals surface area (Å²) in [5.41, 5.74) is -0.812. The molecule has 0 aliphatic rings. The molecule has 44 heavy (non-hydrogen) atoms. The minimum atomic E-state index is -5.09. The molecule has 3 aromatic heterocycles. The van der Waals surface area contributed by atoms with Crippen molar-refractivity contribution in [3.05, 3.63) is 80.4 Å². The lowest BCUT2D eigenvalue weighted by Crippen LogP contribution is -2.32. The second-order valence-corrected chi connectivity index (χ2v) is 9.42. The normalized spacial score (nSPS) is 13.0. The van der Waals surface area contributed by atoms with Gasteiger partial charge >= 0.3 is 19.0 Å². The second kappa shape index (κ2) is 12.6. The number of rotatable bonds is 10. The van der Waals surface area contributed by atoms with Crippen molar-refractivity contribution in [2.24, 2.45) is 0 Å². The molecular weight excluding hydrogens is 615 g/mol. The zero-order valence-electron chi connectivity index (χ0n) is 22.1. The van der Waals surface area contributed by atoms with Crippen LogP contribution in [0.3, 0.4) is 0 Å². The van der Waals surface area contributed by atoms with Gasteiger partial charge in [0, 0.05) is 24.3 Å². The first-order valence-corrected chi connectivity index (χ1v) is 12.5. The van der Waals surface area contributed by atoms with Crippen molar-refractivity contribution in [2.45, 2.75) is 44.4 Å². The van der Waals surface area contributed by atoms with Gasteiger partial charge in [0.05, 0.1) is 35.1 Å². The fraction of sp³-hybridized carbons (Fsp3) is 0.308. The van der Waals surface area contributed by atoms with Crippen molar-refractivity contribution < 1.29 is 44.3 Å². The Labute approximate surface area is 240 Å². The number of nitrogens with zero attached hydrogens (tertiary/aromatic N) is 3. The smallest absolute Gasteiger partial charge is 0.383 e. The molecule has 0 bridgehead atoms. The Hall–Kier alpha value is -4.61. The molecular formula is C26H21F9N6O3. The third-order valence-corrected chi connectivity index (χ3v) is 6.44. The lowest BCUT2D eigenvalue weighted by molar-refractivity contribution is -0.139. The van der Waals surface area contributed by atoms with Crippen molar-refractivity contribution in [3.8, 4) is 11.3 Å². The number of H-pyrrole nitrogens is 1. The van der Waals surface area contributed by atoms with Gasteiger partial charge in [-0.2, -0.15) is 40.2 Å². The highest BCUT2D eigenvalue weighted by atomic mass is 19.4. The van der Waals surface area contributed by atoms with Crippen LogP contribution < -0.4 is 22.2 Å². The zero-order valence-corrected chi connectivity index (χ0v) is 22.1. The Morgan fingerprint density at radius 2 is 1.77 bits per heavy atom. The van der Waals surface area contributed by atoms with Crippen molar-refractivity contribution in [3.63, 3.8) is 0 Å². The van der Waals surface area contributed by atoms with Gasteiger partial charge in [0.2, 0.25) is 0 Å². The quantitative estimate of drug-likeness (QED) is 0.199. The molecule has 0 aliphatic heterocycles. The average Bonchev–Trinajstić information content (AvgIpc) is 2.91. The van der Waals surface area contributed by atoms with Crippen LogP contribution in [0.2, 0.25) is 0 Å². The van der Waals surface area contributed by atoms with Gasteiger partial charge in [0.1, 0.15) is 17.2 Å². The van der Waals surface area contributed by atoms with Gasteiger partial charge in [-0.25, -0.2) is 14.5 Å². The molecule has 9 nitrogen and oxygen atoms in total. The van der Waals surface area contributed by atoms with Crippen LogP contribution in [0, 0.1) is 5.82 Å². The first-order valence-electron chi connectivity index (χ1n) is 12.5. The van der Waals surface area contributed by atoms with Crippen LogP contribution in [0.4, 0.5) is 51.0 Å². The van der Waals surface area contributed by atoms with Crippen LogP contribution in [0.1, 0.15) is 24.0 Å². The number of pyridine rings is 2. The molecule has 4 N–H and O–H groups in total. The number of ether oxygens (including phenoxy) is 1. The van der Waals surface area contributed by atoms with Crippen molar-refractivity contribution >= 4 is 22.3 Å². The number of aromatic nitrogens is 4. The van der Waals surface area contributed by atoms with E-state index in [4.69, 9.17) is 5.73 Å². The van der Waals surface area contributed by atoms with Crippen LogP contribution in [0.25, 0.3) is 22.0 Å². The molecule has 0 amide bonds. The first-order chi connectivity index (χ1) is 20.6. The number of benzene rings is 1. The van der Waals surface area contributed by atoms with E-state index in [1.54, 1.807) is 5.10 Å². The van der Waals surface area contributed by atoms with Crippen LogP contribution in [0.15, 0.2) is 52.3 Å². The standard InChI is InChI=1S/C26H21F9N6O3/c27-17-9-14-12(8-15(17)18-4-3-16(21(36)39-18)25(30,31)32)5-7-41(23(14)43)6-1-2-13(11-44-24(28)29)38-19-10-37-40-22(42)20(19)26(33,34)35/h3-5,7-10,13,24H,1-2,6,11H2,(H2,36,39)(H2,38,40,42). The molecule has 236 valence electrons. The number of hydrogen-bond donors (Lipinski definition) is 3. The van der Waals surface area contributed by atoms with E-state index < -0.39 is 71.2 Å². The first kappa shape index (κ1) is 32.3. The third kappa shape index (κ3) is 7.29. The molecule has 0 saturated heterocycles. The van der Waals surface area contributed by atoms with Gasteiger partial charge in [0.25, 0.3) is 11.1 Å². The number of nitrogens with two attached hydrogens (primary N) is 1. The van der Waals surface area contributed by atoms with Crippen molar-refractivity contribution in [1.82, 2.24) is 19.7 Å². The molecule has 1 aromatic carbocycles. The van der Waals surface area contributed by atoms with Gasteiger partial charge in [-0.1, -0.05) is 0 Å². The molecule has 18 heteroatoms. The molecule has 0 aliphatic carbocycles. The average molecular weight is 636 g/mol. The molecule has 3 heterocycles. The fourth-order valence-corrected chi connectivity index (χ4v) is 4.45. The summed E-state index contributed by atoms with van der Waals surface area (Å²) in [4.78, 5) is 28.4. The van der Waals surface area contributed by atoms with Crippen LogP contribution in [0.5, 0.6) is 0 Å². The monoisotopic (exact) mass is 636 g/mol. The summed E-state index contributed by atoms with van der Waals surface area (Å²) < 4.78 is 125. The maximum Gasteiger partial charge on any atom is 0.423 e. The number of aryl methyl sites for hydroxylation is 1. The highest BCUT2D eigenvalue weighted by molar-refractivity contribution is 5.86. The molecule has 0 fully saturated rings. The van der Waals surface area contributed by atoms with Gasteiger partial charge in [-0.05, 0) is 48.6 Å². The number of alkyl halides is 8. The van der Waals surface area contributed by atoms with Gasteiger partial charge in [0.15, 0.2) is 0 Å². The third-order valence-electron chi connectivity index (χ3n) is 6.44. The summed E-state index contributed by atoms with van der Waals surface area (Å²) in [6, 6.07) is 3.92. The molecule has 0 spiro atoms. The largest absolute Gasteiger partial charge is 0.423 e. The Morgan fingerprint density at radius 3 is 2.41 bits per heavy atom. The molecule has 4 rings (SSSR count). The molecule has 1 unspecified atom stereocenters. The van der Waals surface area contributed by atoms with E-state index in [1.165, 1.54) is 18.3 Å². The maximum absolute atomic E-state index is 15.0. The summed E-state index contributed by atoms with van der Waals surface area (Å²) in [7, 11) is 0. The lowest BCUT2D eigenvalue weighted by atomic mass is 10.0. The number of anilines is 2. The molecule has 1 atom stereocenters. The van der Waals surface area contributed by atoms with Gasteiger partial charge in [-0.15, -0.1) is 0 Å². The van der Waals surface area contributed by atoms with Crippen LogP contribution in [-0.4, -0.2) is 39.0 Å². The Balaban J connectivity index is 1.54. The number of aromatic amines is 1. The summed E-state index contributed by atoms with van der Waals surface area (Å²) in [6.45, 7) is -4.08. The summed E-state index contributed by atoms with van der Waals surface area (Å²) >= 11 is 0. The predicted molar refractivity (Wildman–Crippen MR) is 139 cm³/mol. The number of fused-ring (bicyclic) bond motifs is 1. The lowest BCUT2D eigenvalue weighted by Gasteiger charge is -2.22. The number of halogens is 9. The summed E-state index contributed by atoms with van der Waals surface area (Å²) in [5, 5.41) is 7.42. The van der Waals surface area contributed by atoms with Crippen LogP contribution >= 0.6 is 0 Å². The van der Waals surface area contributed by atoms with E-state index in [0.717, 1.165) is 16.7 Å². The Kier molecular flexibility index (Phi) is 9.22. The van der Waals surface area contributed by atoms with E-state index in [9.17, 15) is 49.1 Å². The molecule has 0 radical (unpaired) electrons. The van der Waals surface area contributed by atoms with E-state index in [-0.39, 0.29) is 41.4 Å². The highest BCUT2D eigenvalue weighted by Gasteiger charge is 2.38. The maximum atomic E-state index is 15.0. The van der Waals surface area contributed by atoms with Crippen molar-refractivity contribution in [2.75, 3.05) is 17.7 Å².